The summed E-state index contributed by atoms with van der Waals surface area (Å²) < 4.78 is 1.87. The minimum Gasteiger partial charge on any atom is -0.283 e. The van der Waals surface area contributed by atoms with Crippen LogP contribution >= 0.6 is 22.9 Å². The first kappa shape index (κ1) is 16.2. The molecule has 2 aromatic carbocycles. The minimum atomic E-state index is 0.228. The predicted octanol–water partition coefficient (Wildman–Crippen LogP) is 5.01. The molecule has 0 bridgehead atoms. The highest BCUT2D eigenvalue weighted by Gasteiger charge is 2.30. The predicted molar refractivity (Wildman–Crippen MR) is 105 cm³/mol. The third-order valence-corrected chi connectivity index (χ3v) is 5.32. The molecule has 1 heterocycles. The Kier molecular flexibility index (Phi) is 4.80. The van der Waals surface area contributed by atoms with Crippen LogP contribution in [0.4, 0.5) is 0 Å². The summed E-state index contributed by atoms with van der Waals surface area (Å²) in [5.74, 6) is 1.79. The standard InChI is InChI=1S/C19H20IN3/c1-3-15-13(2)22-19(17-12-8-7-11-16(15)17)23(20)18(21)14-9-5-4-6-10-14/h4-13,15,21H,3H2,1-2H3. The molecule has 4 heteroatoms. The van der Waals surface area contributed by atoms with Crippen LogP contribution in [0, 0.1) is 5.41 Å². The van der Waals surface area contributed by atoms with Gasteiger partial charge in [-0.3, -0.25) is 10.4 Å². The highest BCUT2D eigenvalue weighted by atomic mass is 127. The van der Waals surface area contributed by atoms with Crippen molar-refractivity contribution in [3.63, 3.8) is 0 Å². The highest BCUT2D eigenvalue weighted by molar-refractivity contribution is 14.1. The van der Waals surface area contributed by atoms with Crippen molar-refractivity contribution in [2.45, 2.75) is 32.2 Å². The Balaban J connectivity index is 2.01. The van der Waals surface area contributed by atoms with Gasteiger partial charge < -0.3 is 0 Å². The van der Waals surface area contributed by atoms with E-state index in [4.69, 9.17) is 10.4 Å². The van der Waals surface area contributed by atoms with Crippen LogP contribution in [0.15, 0.2) is 59.6 Å². The molecule has 0 saturated heterocycles. The molecule has 118 valence electrons. The summed E-state index contributed by atoms with van der Waals surface area (Å²) in [6.45, 7) is 4.38. The lowest BCUT2D eigenvalue weighted by atomic mass is 9.84. The number of hydrogen-bond donors (Lipinski definition) is 1. The SMILES string of the molecule is CCC1c2ccccc2C(N(I)C(=N)c2ccccc2)=NC1C. The van der Waals surface area contributed by atoms with Gasteiger partial charge in [0.1, 0.15) is 11.7 Å². The number of fused-ring (bicyclic) bond motifs is 1. The van der Waals surface area contributed by atoms with E-state index < -0.39 is 0 Å². The second kappa shape index (κ2) is 6.83. The van der Waals surface area contributed by atoms with Gasteiger partial charge in [0.2, 0.25) is 0 Å². The molecular weight excluding hydrogens is 397 g/mol. The van der Waals surface area contributed by atoms with Crippen LogP contribution in [-0.2, 0) is 0 Å². The normalized spacial score (nSPS) is 19.7. The first-order valence-corrected chi connectivity index (χ1v) is 8.87. The van der Waals surface area contributed by atoms with E-state index in [9.17, 15) is 0 Å². The van der Waals surface area contributed by atoms with Gasteiger partial charge in [0, 0.05) is 17.0 Å². The molecule has 1 aliphatic rings. The van der Waals surface area contributed by atoms with Crippen LogP contribution in [0.3, 0.4) is 0 Å². The minimum absolute atomic E-state index is 0.228. The first-order chi connectivity index (χ1) is 11.1. The Morgan fingerprint density at radius 2 is 1.78 bits per heavy atom. The molecule has 1 N–H and O–H groups in total. The number of hydrogen-bond acceptors (Lipinski definition) is 2. The maximum Gasteiger partial charge on any atom is 0.146 e. The molecule has 0 radical (unpaired) electrons. The Morgan fingerprint density at radius 3 is 2.48 bits per heavy atom. The molecule has 2 atom stereocenters. The number of rotatable bonds is 2. The summed E-state index contributed by atoms with van der Waals surface area (Å²) in [6, 6.07) is 18.5. The molecule has 3 nitrogen and oxygen atoms in total. The third-order valence-electron chi connectivity index (χ3n) is 4.38. The average Bonchev–Trinajstić information content (AvgIpc) is 2.60. The van der Waals surface area contributed by atoms with E-state index in [1.165, 1.54) is 5.56 Å². The molecule has 0 fully saturated rings. The van der Waals surface area contributed by atoms with E-state index in [1.807, 2.05) is 39.5 Å². The van der Waals surface area contributed by atoms with Gasteiger partial charge in [0.05, 0.1) is 28.9 Å². The molecule has 1 aliphatic heterocycles. The fraction of sp³-hybridized carbons (Fsp3) is 0.263. The van der Waals surface area contributed by atoms with Crippen molar-refractivity contribution in [3.05, 3.63) is 71.3 Å². The second-order valence-corrected chi connectivity index (χ2v) is 6.76. The van der Waals surface area contributed by atoms with Crippen LogP contribution in [0.25, 0.3) is 0 Å². The Hall–Kier alpha value is -1.69. The summed E-state index contributed by atoms with van der Waals surface area (Å²) in [7, 11) is 0. The molecule has 0 amide bonds. The van der Waals surface area contributed by atoms with Crippen molar-refractivity contribution in [3.8, 4) is 0 Å². The Labute approximate surface area is 151 Å². The second-order valence-electron chi connectivity index (χ2n) is 5.79. The summed E-state index contributed by atoms with van der Waals surface area (Å²) in [6.07, 6.45) is 1.08. The van der Waals surface area contributed by atoms with Gasteiger partial charge >= 0.3 is 0 Å². The Morgan fingerprint density at radius 1 is 1.13 bits per heavy atom. The summed E-state index contributed by atoms with van der Waals surface area (Å²) in [5.41, 5.74) is 3.38. The van der Waals surface area contributed by atoms with E-state index in [1.54, 1.807) is 0 Å². The van der Waals surface area contributed by atoms with Gasteiger partial charge in [-0.1, -0.05) is 61.5 Å². The highest BCUT2D eigenvalue weighted by Crippen LogP contribution is 2.34. The van der Waals surface area contributed by atoms with Gasteiger partial charge in [-0.15, -0.1) is 0 Å². The van der Waals surface area contributed by atoms with Crippen molar-refractivity contribution < 1.29 is 0 Å². The van der Waals surface area contributed by atoms with Crippen LogP contribution in [0.1, 0.15) is 42.9 Å². The molecular formula is C19H20IN3. The first-order valence-electron chi connectivity index (χ1n) is 7.90. The lowest BCUT2D eigenvalue weighted by Gasteiger charge is -2.32. The van der Waals surface area contributed by atoms with Crippen LogP contribution < -0.4 is 0 Å². The summed E-state index contributed by atoms with van der Waals surface area (Å²) >= 11 is 2.19. The smallest absolute Gasteiger partial charge is 0.146 e. The summed E-state index contributed by atoms with van der Waals surface area (Å²) in [5, 5.41) is 8.51. The molecule has 3 rings (SSSR count). The van der Waals surface area contributed by atoms with Gasteiger partial charge in [-0.2, -0.15) is 0 Å². The fourth-order valence-electron chi connectivity index (χ4n) is 3.17. The number of nitrogens with one attached hydrogen (secondary N) is 1. The van der Waals surface area contributed by atoms with Crippen LogP contribution in [-0.4, -0.2) is 20.8 Å². The lowest BCUT2D eigenvalue weighted by Crippen LogP contribution is -2.35. The molecule has 0 spiro atoms. The number of amidine groups is 2. The Bertz CT molecular complexity index is 739. The van der Waals surface area contributed by atoms with Crippen molar-refractivity contribution in [2.75, 3.05) is 0 Å². The van der Waals surface area contributed by atoms with Crippen molar-refractivity contribution >= 4 is 34.5 Å². The van der Waals surface area contributed by atoms with Gasteiger partial charge in [-0.05, 0) is 18.9 Å². The van der Waals surface area contributed by atoms with E-state index in [0.717, 1.165) is 23.4 Å². The molecule has 23 heavy (non-hydrogen) atoms. The average molecular weight is 417 g/mol. The van der Waals surface area contributed by atoms with E-state index in [2.05, 4.69) is 54.9 Å². The molecule has 2 unspecified atom stereocenters. The topological polar surface area (TPSA) is 39.5 Å². The maximum absolute atomic E-state index is 8.51. The molecule has 0 saturated carbocycles. The third kappa shape index (κ3) is 3.04. The zero-order chi connectivity index (χ0) is 16.4. The van der Waals surface area contributed by atoms with Gasteiger partial charge in [0.25, 0.3) is 0 Å². The summed E-state index contributed by atoms with van der Waals surface area (Å²) in [4.78, 5) is 4.92. The number of nitrogens with zero attached hydrogens (tertiary/aromatic N) is 2. The number of halogens is 1. The number of benzene rings is 2. The van der Waals surface area contributed by atoms with Crippen molar-refractivity contribution in [2.24, 2.45) is 4.99 Å². The van der Waals surface area contributed by atoms with E-state index >= 15 is 0 Å². The maximum atomic E-state index is 8.51. The quantitative estimate of drug-likeness (QED) is 0.318. The van der Waals surface area contributed by atoms with Gasteiger partial charge in [-0.25, -0.2) is 3.11 Å². The van der Waals surface area contributed by atoms with Gasteiger partial charge in [0.15, 0.2) is 0 Å². The van der Waals surface area contributed by atoms with Crippen LogP contribution in [0.5, 0.6) is 0 Å². The zero-order valence-electron chi connectivity index (χ0n) is 13.3. The largest absolute Gasteiger partial charge is 0.283 e. The van der Waals surface area contributed by atoms with E-state index in [-0.39, 0.29) is 6.04 Å². The molecule has 0 aliphatic carbocycles. The monoisotopic (exact) mass is 417 g/mol. The molecule has 2 aromatic rings. The van der Waals surface area contributed by atoms with E-state index in [0.29, 0.717) is 11.8 Å². The fourth-order valence-corrected chi connectivity index (χ4v) is 3.83. The molecule has 0 aromatic heterocycles. The van der Waals surface area contributed by atoms with Crippen LogP contribution in [0.2, 0.25) is 0 Å². The van der Waals surface area contributed by atoms with Crippen molar-refractivity contribution in [1.29, 1.82) is 5.41 Å². The number of aliphatic imine (C=N–C) groups is 1. The zero-order valence-corrected chi connectivity index (χ0v) is 15.5. The lowest BCUT2D eigenvalue weighted by molar-refractivity contribution is 0.542. The van der Waals surface area contributed by atoms with Crippen molar-refractivity contribution in [1.82, 2.24) is 3.11 Å².